The van der Waals surface area contributed by atoms with Crippen LogP contribution in [0.1, 0.15) is 5.56 Å². The number of sulfone groups is 1. The molecule has 4 nitrogen and oxygen atoms in total. The molecule has 0 saturated carbocycles. The third kappa shape index (κ3) is 3.10. The zero-order valence-corrected chi connectivity index (χ0v) is 9.72. The molecule has 8 heteroatoms. The predicted molar refractivity (Wildman–Crippen MR) is 60.6 cm³/mol. The van der Waals surface area contributed by atoms with Crippen molar-refractivity contribution in [2.45, 2.75) is 10.4 Å². The van der Waals surface area contributed by atoms with Gasteiger partial charge in [0, 0.05) is 0 Å². The highest BCUT2D eigenvalue weighted by Crippen LogP contribution is 2.30. The second-order valence-corrected chi connectivity index (χ2v) is 5.25. The summed E-state index contributed by atoms with van der Waals surface area (Å²) in [5.74, 6) is -0.220. The fourth-order valence-electron chi connectivity index (χ4n) is 1.08. The number of nitrogens with one attached hydrogen (secondary N) is 1. The molecule has 0 spiro atoms. The van der Waals surface area contributed by atoms with E-state index in [9.17, 15) is 21.6 Å². The third-order valence-corrected chi connectivity index (χ3v) is 3.45. The molecule has 0 aromatic heterocycles. The Hall–Kier alpha value is -1.83. The molecule has 0 saturated heterocycles. The molecule has 0 aliphatic carbocycles. The summed E-state index contributed by atoms with van der Waals surface area (Å²) in [6.07, 6.45) is 2.61. The molecule has 0 radical (unpaired) electrons. The van der Waals surface area contributed by atoms with Gasteiger partial charge in [0.25, 0.3) is 9.84 Å². The molecular weight excluding hydrogens is 269 g/mol. The number of nitrogens with two attached hydrogens (primary N) is 1. The quantitative estimate of drug-likeness (QED) is 0.654. The van der Waals surface area contributed by atoms with Gasteiger partial charge in [-0.2, -0.15) is 13.2 Å². The predicted octanol–water partition coefficient (Wildman–Crippen LogP) is 1.93. The van der Waals surface area contributed by atoms with E-state index in [-0.39, 0.29) is 5.84 Å². The first-order chi connectivity index (χ1) is 8.14. The van der Waals surface area contributed by atoms with Crippen LogP contribution in [0.5, 0.6) is 0 Å². The molecule has 18 heavy (non-hydrogen) atoms. The van der Waals surface area contributed by atoms with Crippen LogP contribution in [-0.4, -0.2) is 19.8 Å². The Bertz CT molecular complexity index is 574. The van der Waals surface area contributed by atoms with Crippen molar-refractivity contribution in [2.75, 3.05) is 0 Å². The van der Waals surface area contributed by atoms with Gasteiger partial charge in [-0.1, -0.05) is 18.2 Å². The maximum atomic E-state index is 12.2. The minimum atomic E-state index is -5.32. The summed E-state index contributed by atoms with van der Waals surface area (Å²) in [6.45, 7) is 0. The van der Waals surface area contributed by atoms with Gasteiger partial charge in [-0.15, -0.1) is 0 Å². The van der Waals surface area contributed by atoms with E-state index in [1.165, 1.54) is 24.3 Å². The van der Waals surface area contributed by atoms with E-state index in [2.05, 4.69) is 0 Å². The van der Waals surface area contributed by atoms with E-state index < -0.39 is 20.2 Å². The molecule has 1 aromatic rings. The van der Waals surface area contributed by atoms with Crippen molar-refractivity contribution in [1.29, 1.82) is 5.41 Å². The summed E-state index contributed by atoms with van der Waals surface area (Å²) in [5.41, 5.74) is 0.169. The first-order valence-corrected chi connectivity index (χ1v) is 6.06. The summed E-state index contributed by atoms with van der Waals surface area (Å²) >= 11 is 0. The van der Waals surface area contributed by atoms with Crippen molar-refractivity contribution in [3.8, 4) is 0 Å². The minimum absolute atomic E-state index is 0.220. The molecule has 0 heterocycles. The Labute approximate surface area is 101 Å². The van der Waals surface area contributed by atoms with Crippen molar-refractivity contribution < 1.29 is 21.6 Å². The summed E-state index contributed by atoms with van der Waals surface area (Å²) < 4.78 is 58.7. The van der Waals surface area contributed by atoms with Crippen LogP contribution in [0.4, 0.5) is 13.2 Å². The summed E-state index contributed by atoms with van der Waals surface area (Å²) in [5, 5.41) is 6.91. The van der Waals surface area contributed by atoms with Gasteiger partial charge in [0.1, 0.15) is 5.84 Å². The van der Waals surface area contributed by atoms with E-state index >= 15 is 0 Å². The minimum Gasteiger partial charge on any atom is -0.384 e. The highest BCUT2D eigenvalue weighted by molar-refractivity contribution is 7.92. The summed E-state index contributed by atoms with van der Waals surface area (Å²) in [7, 11) is -5.32. The van der Waals surface area contributed by atoms with Crippen LogP contribution in [0.3, 0.4) is 0 Å². The molecule has 0 aliphatic heterocycles. The van der Waals surface area contributed by atoms with Crippen LogP contribution in [0.2, 0.25) is 0 Å². The smallest absolute Gasteiger partial charge is 0.384 e. The first kappa shape index (κ1) is 14.2. The molecule has 1 aromatic carbocycles. The number of benzene rings is 1. The molecule has 0 fully saturated rings. The van der Waals surface area contributed by atoms with E-state index in [0.29, 0.717) is 5.56 Å². The lowest BCUT2D eigenvalue weighted by Gasteiger charge is -2.07. The number of hydrogen-bond acceptors (Lipinski definition) is 3. The average molecular weight is 278 g/mol. The van der Waals surface area contributed by atoms with E-state index in [1.807, 2.05) is 0 Å². The Morgan fingerprint density at radius 3 is 2.11 bits per heavy atom. The van der Waals surface area contributed by atoms with Gasteiger partial charge in [-0.3, -0.25) is 5.41 Å². The van der Waals surface area contributed by atoms with Crippen LogP contribution in [-0.2, 0) is 9.84 Å². The molecule has 3 N–H and O–H groups in total. The Kier molecular flexibility index (Phi) is 3.80. The van der Waals surface area contributed by atoms with Crippen molar-refractivity contribution in [1.82, 2.24) is 0 Å². The summed E-state index contributed by atoms with van der Waals surface area (Å²) in [4.78, 5) is -0.824. The second-order valence-electron chi connectivity index (χ2n) is 3.31. The lowest BCUT2D eigenvalue weighted by Crippen LogP contribution is -2.23. The van der Waals surface area contributed by atoms with Gasteiger partial charge < -0.3 is 5.73 Å². The largest absolute Gasteiger partial charge is 0.501 e. The highest BCUT2D eigenvalue weighted by atomic mass is 32.2. The molecule has 0 aliphatic rings. The average Bonchev–Trinajstić information content (AvgIpc) is 2.25. The number of alkyl halides is 3. The van der Waals surface area contributed by atoms with Crippen LogP contribution in [0.15, 0.2) is 35.2 Å². The van der Waals surface area contributed by atoms with Gasteiger partial charge in [-0.25, -0.2) is 8.42 Å². The summed E-state index contributed by atoms with van der Waals surface area (Å²) in [6, 6.07) is 4.08. The highest BCUT2D eigenvalue weighted by Gasteiger charge is 2.46. The standard InChI is InChI=1S/C10H9F3N2O2S/c11-10(12,13)18(16,17)8-4-1-7(2-5-8)3-6-9(14)15/h1-6H,(H3,14,15). The maximum Gasteiger partial charge on any atom is 0.501 e. The molecule has 0 bridgehead atoms. The first-order valence-electron chi connectivity index (χ1n) is 4.58. The van der Waals surface area contributed by atoms with E-state index in [1.54, 1.807) is 0 Å². The van der Waals surface area contributed by atoms with Gasteiger partial charge in [0.2, 0.25) is 0 Å². The number of rotatable bonds is 3. The van der Waals surface area contributed by atoms with E-state index in [4.69, 9.17) is 11.1 Å². The molecule has 0 atom stereocenters. The van der Waals surface area contributed by atoms with Gasteiger partial charge >= 0.3 is 5.51 Å². The Balaban J connectivity index is 3.08. The van der Waals surface area contributed by atoms with Crippen LogP contribution < -0.4 is 5.73 Å². The molecule has 0 amide bonds. The van der Waals surface area contributed by atoms with Crippen LogP contribution in [0, 0.1) is 5.41 Å². The monoisotopic (exact) mass is 278 g/mol. The number of halogens is 3. The van der Waals surface area contributed by atoms with Crippen molar-refractivity contribution in [3.63, 3.8) is 0 Å². The molecular formula is C10H9F3N2O2S. The molecule has 0 unspecified atom stereocenters. The van der Waals surface area contributed by atoms with Crippen molar-refractivity contribution in [2.24, 2.45) is 5.73 Å². The zero-order chi connectivity index (χ0) is 14.0. The van der Waals surface area contributed by atoms with E-state index in [0.717, 1.165) is 12.1 Å². The number of amidine groups is 1. The maximum absolute atomic E-state index is 12.2. The molecule has 98 valence electrons. The van der Waals surface area contributed by atoms with Gasteiger partial charge in [0.05, 0.1) is 4.90 Å². The van der Waals surface area contributed by atoms with Gasteiger partial charge in [-0.05, 0) is 23.8 Å². The van der Waals surface area contributed by atoms with Gasteiger partial charge in [0.15, 0.2) is 0 Å². The fraction of sp³-hybridized carbons (Fsp3) is 0.100. The Morgan fingerprint density at radius 2 is 1.72 bits per heavy atom. The normalized spacial score (nSPS) is 12.8. The SMILES string of the molecule is N=C(N)C=Cc1ccc(S(=O)(=O)C(F)(F)F)cc1. The van der Waals surface area contributed by atoms with Crippen LogP contribution >= 0.6 is 0 Å². The lowest BCUT2D eigenvalue weighted by atomic mass is 10.2. The van der Waals surface area contributed by atoms with Crippen molar-refractivity contribution in [3.05, 3.63) is 35.9 Å². The van der Waals surface area contributed by atoms with Crippen LogP contribution in [0.25, 0.3) is 6.08 Å². The second kappa shape index (κ2) is 4.81. The number of hydrogen-bond donors (Lipinski definition) is 2. The zero-order valence-electron chi connectivity index (χ0n) is 8.90. The Morgan fingerprint density at radius 1 is 1.22 bits per heavy atom. The lowest BCUT2D eigenvalue weighted by molar-refractivity contribution is -0.0436. The topological polar surface area (TPSA) is 84.0 Å². The fourth-order valence-corrected chi connectivity index (χ4v) is 1.84. The van der Waals surface area contributed by atoms with Crippen molar-refractivity contribution >= 4 is 21.7 Å². The third-order valence-electron chi connectivity index (χ3n) is 1.95. The molecule has 1 rings (SSSR count).